The highest BCUT2D eigenvalue weighted by Crippen LogP contribution is 2.35. The second-order valence-electron chi connectivity index (χ2n) is 6.39. The minimum absolute atomic E-state index is 0.214. The molecule has 2 aliphatic rings. The van der Waals surface area contributed by atoms with Crippen LogP contribution in [-0.4, -0.2) is 49.8 Å². The molecule has 0 spiro atoms. The molecule has 0 unspecified atom stereocenters. The Hall–Kier alpha value is -0.120. The van der Waals surface area contributed by atoms with Gasteiger partial charge in [-0.05, 0) is 51.6 Å². The molecule has 0 saturated carbocycles. The fourth-order valence-electron chi connectivity index (χ4n) is 3.17. The van der Waals surface area contributed by atoms with Gasteiger partial charge in [0.1, 0.15) is 0 Å². The van der Waals surface area contributed by atoms with Crippen molar-refractivity contribution in [1.29, 1.82) is 0 Å². The number of hydrogen-bond acceptors (Lipinski definition) is 3. The van der Waals surface area contributed by atoms with Crippen LogP contribution in [0.25, 0.3) is 0 Å². The number of piperidine rings is 1. The lowest BCUT2D eigenvalue weighted by Gasteiger charge is -2.48. The van der Waals surface area contributed by atoms with Gasteiger partial charge in [-0.1, -0.05) is 6.92 Å². The molecule has 0 radical (unpaired) electrons. The van der Waals surface area contributed by atoms with Gasteiger partial charge in [0.05, 0.1) is 13.2 Å². The Kier molecular flexibility index (Phi) is 4.11. The molecule has 0 aromatic heterocycles. The lowest BCUT2D eigenvalue weighted by molar-refractivity contribution is -0.0726. The molecule has 2 fully saturated rings. The number of rotatable bonds is 3. The van der Waals surface area contributed by atoms with Gasteiger partial charge in [0.25, 0.3) is 0 Å². The van der Waals surface area contributed by atoms with E-state index in [1.54, 1.807) is 0 Å². The van der Waals surface area contributed by atoms with E-state index in [9.17, 15) is 0 Å². The van der Waals surface area contributed by atoms with Crippen LogP contribution >= 0.6 is 0 Å². The average Bonchev–Trinajstić information content (AvgIpc) is 2.33. The Labute approximate surface area is 106 Å². The maximum Gasteiger partial charge on any atom is 0.0645 e. The molecule has 0 aliphatic carbocycles. The molecule has 0 aromatic carbocycles. The van der Waals surface area contributed by atoms with Crippen molar-refractivity contribution in [3.63, 3.8) is 0 Å². The lowest BCUT2D eigenvalue weighted by Crippen LogP contribution is -2.57. The molecule has 100 valence electrons. The zero-order valence-corrected chi connectivity index (χ0v) is 11.7. The lowest BCUT2D eigenvalue weighted by atomic mass is 9.75. The molecule has 2 rings (SSSR count). The first-order valence-electron chi connectivity index (χ1n) is 7.12. The second-order valence-corrected chi connectivity index (χ2v) is 6.39. The number of morpholine rings is 1. The molecular weight excluding hydrogens is 212 g/mol. The summed E-state index contributed by atoms with van der Waals surface area (Å²) in [6, 6.07) is 0. The fraction of sp³-hybridized carbons (Fsp3) is 1.00. The van der Waals surface area contributed by atoms with Crippen LogP contribution in [0.5, 0.6) is 0 Å². The highest BCUT2D eigenvalue weighted by atomic mass is 16.5. The van der Waals surface area contributed by atoms with Gasteiger partial charge in [-0.25, -0.2) is 0 Å². The first-order valence-corrected chi connectivity index (χ1v) is 7.12. The molecule has 2 heterocycles. The minimum atomic E-state index is 0.214. The number of hydrogen-bond donors (Lipinski definition) is 1. The van der Waals surface area contributed by atoms with Crippen molar-refractivity contribution in [2.45, 2.75) is 45.6 Å². The Bertz CT molecular complexity index is 247. The number of nitrogens with one attached hydrogen (secondary N) is 1. The van der Waals surface area contributed by atoms with Crippen molar-refractivity contribution in [2.75, 3.05) is 39.4 Å². The van der Waals surface area contributed by atoms with Crippen molar-refractivity contribution < 1.29 is 4.74 Å². The standard InChI is InChI=1S/C14H28N2O/c1-4-14(5-7-15-8-6-14)11-16-9-10-17-12-13(16,2)3/h15H,4-12H2,1-3H3. The maximum absolute atomic E-state index is 5.62. The van der Waals surface area contributed by atoms with Crippen LogP contribution in [0.4, 0.5) is 0 Å². The number of ether oxygens (including phenoxy) is 1. The summed E-state index contributed by atoms with van der Waals surface area (Å²) in [4.78, 5) is 2.66. The van der Waals surface area contributed by atoms with Crippen molar-refractivity contribution >= 4 is 0 Å². The Morgan fingerprint density at radius 3 is 2.53 bits per heavy atom. The third kappa shape index (κ3) is 3.01. The van der Waals surface area contributed by atoms with E-state index < -0.39 is 0 Å². The normalized spacial score (nSPS) is 29.1. The summed E-state index contributed by atoms with van der Waals surface area (Å²) in [5, 5.41) is 3.49. The molecule has 2 aliphatic heterocycles. The van der Waals surface area contributed by atoms with E-state index in [4.69, 9.17) is 4.74 Å². The summed E-state index contributed by atoms with van der Waals surface area (Å²) in [5.74, 6) is 0. The van der Waals surface area contributed by atoms with Crippen LogP contribution in [0.3, 0.4) is 0 Å². The molecule has 3 nitrogen and oxygen atoms in total. The minimum Gasteiger partial charge on any atom is -0.378 e. The average molecular weight is 240 g/mol. The first-order chi connectivity index (χ1) is 8.08. The molecule has 0 atom stereocenters. The molecule has 1 N–H and O–H groups in total. The quantitative estimate of drug-likeness (QED) is 0.815. The molecule has 0 aromatic rings. The van der Waals surface area contributed by atoms with Gasteiger partial charge < -0.3 is 10.1 Å². The highest BCUT2D eigenvalue weighted by Gasteiger charge is 2.38. The van der Waals surface area contributed by atoms with Gasteiger partial charge in [0, 0.05) is 18.6 Å². The zero-order chi connectivity index (χ0) is 12.4. The summed E-state index contributed by atoms with van der Waals surface area (Å²) in [7, 11) is 0. The Balaban J connectivity index is 2.01. The Morgan fingerprint density at radius 2 is 1.94 bits per heavy atom. The summed E-state index contributed by atoms with van der Waals surface area (Å²) in [6.45, 7) is 13.5. The number of nitrogens with zero attached hydrogens (tertiary/aromatic N) is 1. The van der Waals surface area contributed by atoms with Crippen molar-refractivity contribution in [1.82, 2.24) is 10.2 Å². The van der Waals surface area contributed by atoms with Gasteiger partial charge in [-0.15, -0.1) is 0 Å². The monoisotopic (exact) mass is 240 g/mol. The van der Waals surface area contributed by atoms with Crippen LogP contribution in [0, 0.1) is 5.41 Å². The molecule has 2 saturated heterocycles. The summed E-state index contributed by atoms with van der Waals surface area (Å²) >= 11 is 0. The predicted molar refractivity (Wildman–Crippen MR) is 71.3 cm³/mol. The molecule has 17 heavy (non-hydrogen) atoms. The van der Waals surface area contributed by atoms with E-state index in [0.717, 1.165) is 19.8 Å². The summed E-state index contributed by atoms with van der Waals surface area (Å²) in [6.07, 6.45) is 3.97. The Morgan fingerprint density at radius 1 is 1.24 bits per heavy atom. The van der Waals surface area contributed by atoms with Gasteiger partial charge in [0.2, 0.25) is 0 Å². The third-order valence-electron chi connectivity index (χ3n) is 4.76. The topological polar surface area (TPSA) is 24.5 Å². The summed E-state index contributed by atoms with van der Waals surface area (Å²) in [5.41, 5.74) is 0.755. The van der Waals surface area contributed by atoms with E-state index >= 15 is 0 Å². The zero-order valence-electron chi connectivity index (χ0n) is 11.7. The van der Waals surface area contributed by atoms with Crippen LogP contribution in [0.15, 0.2) is 0 Å². The van der Waals surface area contributed by atoms with Crippen LogP contribution in [0.1, 0.15) is 40.0 Å². The van der Waals surface area contributed by atoms with E-state index in [-0.39, 0.29) is 5.54 Å². The highest BCUT2D eigenvalue weighted by molar-refractivity contribution is 4.92. The largest absolute Gasteiger partial charge is 0.378 e. The van der Waals surface area contributed by atoms with Gasteiger partial charge in [-0.3, -0.25) is 4.90 Å². The third-order valence-corrected chi connectivity index (χ3v) is 4.76. The SMILES string of the molecule is CCC1(CN2CCOCC2(C)C)CCNCC1. The van der Waals surface area contributed by atoms with E-state index in [2.05, 4.69) is 31.0 Å². The van der Waals surface area contributed by atoms with Crippen LogP contribution in [-0.2, 0) is 4.74 Å². The molecule has 3 heteroatoms. The van der Waals surface area contributed by atoms with E-state index in [1.165, 1.54) is 38.9 Å². The smallest absolute Gasteiger partial charge is 0.0645 e. The molecular formula is C14H28N2O. The van der Waals surface area contributed by atoms with E-state index in [0.29, 0.717) is 5.41 Å². The first kappa shape index (κ1) is 13.3. The predicted octanol–water partition coefficient (Wildman–Crippen LogP) is 1.88. The van der Waals surface area contributed by atoms with Crippen molar-refractivity contribution in [3.05, 3.63) is 0 Å². The maximum atomic E-state index is 5.62. The van der Waals surface area contributed by atoms with Crippen molar-refractivity contribution in [2.24, 2.45) is 5.41 Å². The van der Waals surface area contributed by atoms with Gasteiger partial charge >= 0.3 is 0 Å². The van der Waals surface area contributed by atoms with Gasteiger partial charge in [0.15, 0.2) is 0 Å². The van der Waals surface area contributed by atoms with Crippen LogP contribution in [0.2, 0.25) is 0 Å². The fourth-order valence-corrected chi connectivity index (χ4v) is 3.17. The van der Waals surface area contributed by atoms with Crippen LogP contribution < -0.4 is 5.32 Å². The van der Waals surface area contributed by atoms with E-state index in [1.807, 2.05) is 0 Å². The second kappa shape index (κ2) is 5.25. The molecule has 0 bridgehead atoms. The van der Waals surface area contributed by atoms with Gasteiger partial charge in [-0.2, -0.15) is 0 Å². The molecule has 0 amide bonds. The van der Waals surface area contributed by atoms with Crippen molar-refractivity contribution in [3.8, 4) is 0 Å². The summed E-state index contributed by atoms with van der Waals surface area (Å²) < 4.78 is 5.62.